The van der Waals surface area contributed by atoms with Crippen molar-refractivity contribution in [2.45, 2.75) is 19.4 Å². The molecular formula is C18H28N3O4S+. The van der Waals surface area contributed by atoms with E-state index in [1.54, 1.807) is 11.0 Å². The van der Waals surface area contributed by atoms with Gasteiger partial charge in [0.05, 0.1) is 43.4 Å². The molecule has 0 spiro atoms. The molecule has 1 aromatic rings. The summed E-state index contributed by atoms with van der Waals surface area (Å²) in [5.74, 6) is 0.614. The smallest absolute Gasteiger partial charge is 0.278 e. The molecule has 3 rings (SSSR count). The minimum atomic E-state index is -2.99. The SMILES string of the molecule is CCN(C(=O)C[NH+]1CCN(c2ccccc2O)CC1)[C@H]1CCS(=O)(=O)C1. The number of benzene rings is 1. The number of amides is 1. The highest BCUT2D eigenvalue weighted by atomic mass is 32.2. The van der Waals surface area contributed by atoms with Crippen LogP contribution in [-0.2, 0) is 14.6 Å². The van der Waals surface area contributed by atoms with E-state index in [-0.39, 0.29) is 29.2 Å². The van der Waals surface area contributed by atoms with E-state index < -0.39 is 9.84 Å². The minimum absolute atomic E-state index is 0.0422. The molecule has 0 radical (unpaired) electrons. The molecule has 0 bridgehead atoms. The second-order valence-corrected chi connectivity index (χ2v) is 9.37. The van der Waals surface area contributed by atoms with E-state index in [1.807, 2.05) is 25.1 Å². The summed E-state index contributed by atoms with van der Waals surface area (Å²) < 4.78 is 23.4. The molecule has 2 saturated heterocycles. The second kappa shape index (κ2) is 7.84. The zero-order valence-corrected chi connectivity index (χ0v) is 16.0. The van der Waals surface area contributed by atoms with Crippen molar-refractivity contribution in [3.8, 4) is 5.75 Å². The fourth-order valence-corrected chi connectivity index (χ4v) is 5.68. The van der Waals surface area contributed by atoms with Gasteiger partial charge < -0.3 is 19.8 Å². The molecule has 8 heteroatoms. The summed E-state index contributed by atoms with van der Waals surface area (Å²) in [6, 6.07) is 7.14. The number of nitrogens with one attached hydrogen (secondary N) is 1. The Bertz CT molecular complexity index is 745. The van der Waals surface area contributed by atoms with Crippen molar-refractivity contribution >= 4 is 21.4 Å². The molecular weight excluding hydrogens is 354 g/mol. The molecule has 7 nitrogen and oxygen atoms in total. The quantitative estimate of drug-likeness (QED) is 0.692. The normalized spacial score (nSPS) is 23.1. The molecule has 2 aliphatic rings. The van der Waals surface area contributed by atoms with E-state index in [4.69, 9.17) is 0 Å². The van der Waals surface area contributed by atoms with Gasteiger partial charge in [0, 0.05) is 12.6 Å². The number of carbonyl (C=O) groups excluding carboxylic acids is 1. The number of phenolic OH excluding ortho intramolecular Hbond substituents is 1. The monoisotopic (exact) mass is 382 g/mol. The minimum Gasteiger partial charge on any atom is -0.506 e. The number of carbonyl (C=O) groups is 1. The number of quaternary nitrogens is 1. The molecule has 1 atom stereocenters. The van der Waals surface area contributed by atoms with Gasteiger partial charge in [-0.05, 0) is 25.5 Å². The van der Waals surface area contributed by atoms with Crippen LogP contribution in [0, 0.1) is 0 Å². The highest BCUT2D eigenvalue weighted by Crippen LogP contribution is 2.26. The van der Waals surface area contributed by atoms with Gasteiger partial charge in [0.15, 0.2) is 16.4 Å². The van der Waals surface area contributed by atoms with Crippen LogP contribution < -0.4 is 9.80 Å². The first-order valence-corrected chi connectivity index (χ1v) is 11.1. The number of piperazine rings is 1. The third kappa shape index (κ3) is 4.29. The Kier molecular flexibility index (Phi) is 5.72. The van der Waals surface area contributed by atoms with Gasteiger partial charge in [0.1, 0.15) is 5.75 Å². The molecule has 2 heterocycles. The lowest BCUT2D eigenvalue weighted by Gasteiger charge is -2.35. The van der Waals surface area contributed by atoms with Crippen molar-refractivity contribution in [3.63, 3.8) is 0 Å². The summed E-state index contributed by atoms with van der Waals surface area (Å²) in [7, 11) is -2.99. The zero-order valence-electron chi connectivity index (χ0n) is 15.2. The average molecular weight is 383 g/mol. The summed E-state index contributed by atoms with van der Waals surface area (Å²) >= 11 is 0. The Morgan fingerprint density at radius 2 is 2.00 bits per heavy atom. The van der Waals surface area contributed by atoms with Crippen LogP contribution in [0.2, 0.25) is 0 Å². The Labute approximate surface area is 155 Å². The molecule has 0 unspecified atom stereocenters. The first kappa shape index (κ1) is 19.0. The largest absolute Gasteiger partial charge is 0.506 e. The van der Waals surface area contributed by atoms with Gasteiger partial charge in [0.2, 0.25) is 0 Å². The number of likely N-dealkylation sites (N-methyl/N-ethyl adjacent to an activating group) is 1. The fraction of sp³-hybridized carbons (Fsp3) is 0.611. The lowest BCUT2D eigenvalue weighted by Crippen LogP contribution is -3.16. The van der Waals surface area contributed by atoms with Gasteiger partial charge >= 0.3 is 0 Å². The summed E-state index contributed by atoms with van der Waals surface area (Å²) in [4.78, 5) is 17.8. The van der Waals surface area contributed by atoms with Crippen LogP contribution in [0.5, 0.6) is 5.75 Å². The summed E-state index contributed by atoms with van der Waals surface area (Å²) in [6.45, 7) is 6.07. The van der Waals surface area contributed by atoms with Crippen LogP contribution in [0.1, 0.15) is 13.3 Å². The fourth-order valence-electron chi connectivity index (χ4n) is 3.95. The topological polar surface area (TPSA) is 82.4 Å². The number of aromatic hydroxyl groups is 1. The molecule has 2 fully saturated rings. The Morgan fingerprint density at radius 3 is 2.58 bits per heavy atom. The van der Waals surface area contributed by atoms with Crippen molar-refractivity contribution in [2.75, 3.05) is 55.7 Å². The molecule has 0 aromatic heterocycles. The first-order chi connectivity index (χ1) is 12.4. The average Bonchev–Trinajstić information content (AvgIpc) is 2.96. The van der Waals surface area contributed by atoms with Crippen molar-refractivity contribution in [2.24, 2.45) is 0 Å². The highest BCUT2D eigenvalue weighted by Gasteiger charge is 2.35. The van der Waals surface area contributed by atoms with Crippen LogP contribution in [0.15, 0.2) is 24.3 Å². The molecule has 0 aliphatic carbocycles. The van der Waals surface area contributed by atoms with Gasteiger partial charge in [-0.3, -0.25) is 4.79 Å². The number of phenols is 1. The zero-order chi connectivity index (χ0) is 18.7. The summed E-state index contributed by atoms with van der Waals surface area (Å²) in [6.07, 6.45) is 0.554. The van der Waals surface area contributed by atoms with E-state index in [2.05, 4.69) is 4.90 Å². The maximum Gasteiger partial charge on any atom is 0.278 e. The number of sulfone groups is 1. The third-order valence-electron chi connectivity index (χ3n) is 5.40. The van der Waals surface area contributed by atoms with E-state index in [1.165, 1.54) is 4.90 Å². The predicted octanol–water partition coefficient (Wildman–Crippen LogP) is -0.867. The number of anilines is 1. The van der Waals surface area contributed by atoms with Gasteiger partial charge in [-0.2, -0.15) is 0 Å². The van der Waals surface area contributed by atoms with Crippen molar-refractivity contribution < 1.29 is 23.2 Å². The third-order valence-corrected chi connectivity index (χ3v) is 7.15. The Hall–Kier alpha value is -1.80. The van der Waals surface area contributed by atoms with Crippen molar-refractivity contribution in [1.29, 1.82) is 0 Å². The number of hydrogen-bond acceptors (Lipinski definition) is 5. The Morgan fingerprint density at radius 1 is 1.31 bits per heavy atom. The van der Waals surface area contributed by atoms with Crippen LogP contribution >= 0.6 is 0 Å². The standard InChI is InChI=1S/C18H27N3O4S/c1-2-21(15-7-12-26(24,25)14-15)18(23)13-19-8-10-20(11-9-19)16-5-3-4-6-17(16)22/h3-6,15,22H,2,7-14H2,1H3/p+1/t15-/m0/s1. The second-order valence-electron chi connectivity index (χ2n) is 7.14. The molecule has 144 valence electrons. The van der Waals surface area contributed by atoms with Crippen LogP contribution in [0.25, 0.3) is 0 Å². The van der Waals surface area contributed by atoms with E-state index in [0.717, 1.165) is 31.9 Å². The number of nitrogens with zero attached hydrogens (tertiary/aromatic N) is 2. The summed E-state index contributed by atoms with van der Waals surface area (Å²) in [5, 5.41) is 9.98. The van der Waals surface area contributed by atoms with Crippen LogP contribution in [0.4, 0.5) is 5.69 Å². The Balaban J connectivity index is 1.53. The predicted molar refractivity (Wildman–Crippen MR) is 100 cm³/mol. The maximum atomic E-state index is 12.7. The lowest BCUT2D eigenvalue weighted by atomic mass is 10.2. The molecule has 0 saturated carbocycles. The van der Waals surface area contributed by atoms with E-state index >= 15 is 0 Å². The molecule has 2 N–H and O–H groups in total. The van der Waals surface area contributed by atoms with Gasteiger partial charge in [-0.25, -0.2) is 8.42 Å². The maximum absolute atomic E-state index is 12.7. The van der Waals surface area contributed by atoms with E-state index in [9.17, 15) is 18.3 Å². The molecule has 1 aromatic carbocycles. The van der Waals surface area contributed by atoms with Crippen molar-refractivity contribution in [3.05, 3.63) is 24.3 Å². The van der Waals surface area contributed by atoms with E-state index in [0.29, 0.717) is 19.5 Å². The van der Waals surface area contributed by atoms with Gasteiger partial charge in [0.25, 0.3) is 5.91 Å². The number of para-hydroxylation sites is 2. The number of rotatable bonds is 5. The van der Waals surface area contributed by atoms with Gasteiger partial charge in [-0.1, -0.05) is 12.1 Å². The molecule has 2 aliphatic heterocycles. The van der Waals surface area contributed by atoms with Crippen LogP contribution in [-0.4, -0.2) is 81.1 Å². The molecule has 1 amide bonds. The first-order valence-electron chi connectivity index (χ1n) is 9.26. The van der Waals surface area contributed by atoms with Crippen LogP contribution in [0.3, 0.4) is 0 Å². The highest BCUT2D eigenvalue weighted by molar-refractivity contribution is 7.91. The van der Waals surface area contributed by atoms with Gasteiger partial charge in [-0.15, -0.1) is 0 Å². The van der Waals surface area contributed by atoms with Crippen molar-refractivity contribution in [1.82, 2.24) is 4.90 Å². The number of hydrogen-bond donors (Lipinski definition) is 2. The molecule has 26 heavy (non-hydrogen) atoms. The summed E-state index contributed by atoms with van der Waals surface area (Å²) in [5.41, 5.74) is 0.837. The lowest BCUT2D eigenvalue weighted by molar-refractivity contribution is -0.892.